The number of Topliss-reactive ketones (excluding diaryl/α,β-unsaturated/α-hetero) is 1. The number of carboxylic acid groups (broad SMARTS) is 1. The summed E-state index contributed by atoms with van der Waals surface area (Å²) in [5, 5.41) is 9.79. The molecule has 2 saturated carbocycles. The van der Waals surface area contributed by atoms with E-state index in [4.69, 9.17) is 0 Å². The van der Waals surface area contributed by atoms with Crippen LogP contribution in [0.15, 0.2) is 42.5 Å². The van der Waals surface area contributed by atoms with Crippen LogP contribution >= 0.6 is 0 Å². The van der Waals surface area contributed by atoms with Crippen LogP contribution in [-0.2, 0) is 6.42 Å². The maximum Gasteiger partial charge on any atom is 0.336 e. The number of aryl methyl sites for hydroxylation is 1. The van der Waals surface area contributed by atoms with Gasteiger partial charge in [0.25, 0.3) is 0 Å². The van der Waals surface area contributed by atoms with E-state index in [-0.39, 0.29) is 11.1 Å². The van der Waals surface area contributed by atoms with Crippen LogP contribution in [0, 0.1) is 29.1 Å². The van der Waals surface area contributed by atoms with Crippen molar-refractivity contribution in [2.75, 3.05) is 0 Å². The highest BCUT2D eigenvalue weighted by molar-refractivity contribution is 6.14. The van der Waals surface area contributed by atoms with Gasteiger partial charge < -0.3 is 5.11 Å². The zero-order valence-corrected chi connectivity index (χ0v) is 18.0. The van der Waals surface area contributed by atoms with E-state index < -0.39 is 11.8 Å². The van der Waals surface area contributed by atoms with Gasteiger partial charge in [0.05, 0.1) is 5.56 Å². The van der Waals surface area contributed by atoms with Gasteiger partial charge in [0.1, 0.15) is 0 Å². The van der Waals surface area contributed by atoms with Gasteiger partial charge in [-0.3, -0.25) is 4.79 Å². The number of hydrogen-bond donors (Lipinski definition) is 1. The summed E-state index contributed by atoms with van der Waals surface area (Å²) in [5.41, 5.74) is 3.88. The molecule has 2 aromatic rings. The molecule has 0 aromatic heterocycles. The van der Waals surface area contributed by atoms with Gasteiger partial charge in [0, 0.05) is 11.1 Å². The van der Waals surface area contributed by atoms with Crippen molar-refractivity contribution in [1.82, 2.24) is 0 Å². The van der Waals surface area contributed by atoms with E-state index in [0.29, 0.717) is 17.3 Å². The van der Waals surface area contributed by atoms with E-state index in [1.807, 2.05) is 36.4 Å². The zero-order chi connectivity index (χ0) is 21.6. The topological polar surface area (TPSA) is 54.4 Å². The largest absolute Gasteiger partial charge is 0.478 e. The molecule has 2 aromatic carbocycles. The highest BCUT2D eigenvalue weighted by Crippen LogP contribution is 2.60. The normalized spacial score (nSPS) is 28.5. The molecular weight excluding hydrogens is 384 g/mol. The van der Waals surface area contributed by atoms with Gasteiger partial charge in [-0.2, -0.15) is 0 Å². The van der Waals surface area contributed by atoms with Gasteiger partial charge in [0.15, 0.2) is 0 Å². The second-order valence-corrected chi connectivity index (χ2v) is 9.85. The summed E-state index contributed by atoms with van der Waals surface area (Å²) in [7, 11) is 0. The van der Waals surface area contributed by atoms with Gasteiger partial charge in [-0.25, -0.2) is 4.79 Å². The van der Waals surface area contributed by atoms with E-state index >= 15 is 0 Å². The van der Waals surface area contributed by atoms with Crippen LogP contribution in [0.2, 0.25) is 0 Å². The van der Waals surface area contributed by atoms with Crippen LogP contribution in [0.3, 0.4) is 0 Å². The van der Waals surface area contributed by atoms with Crippen molar-refractivity contribution in [3.63, 3.8) is 0 Å². The van der Waals surface area contributed by atoms with Crippen molar-refractivity contribution in [1.29, 1.82) is 0 Å². The van der Waals surface area contributed by atoms with Crippen molar-refractivity contribution >= 4 is 11.8 Å². The van der Waals surface area contributed by atoms with Crippen LogP contribution in [0.1, 0.15) is 88.8 Å². The van der Waals surface area contributed by atoms with Crippen molar-refractivity contribution in [2.24, 2.45) is 17.3 Å². The van der Waals surface area contributed by atoms with Gasteiger partial charge in [-0.05, 0) is 103 Å². The molecule has 4 atom stereocenters. The molecule has 1 N–H and O–H groups in total. The summed E-state index contributed by atoms with van der Waals surface area (Å²) in [6.45, 7) is 2.47. The highest BCUT2D eigenvalue weighted by atomic mass is 16.4. The summed E-state index contributed by atoms with van der Waals surface area (Å²) in [6.07, 6.45) is 8.40. The molecule has 31 heavy (non-hydrogen) atoms. The lowest BCUT2D eigenvalue weighted by Gasteiger charge is -2.49. The summed E-state index contributed by atoms with van der Waals surface area (Å²) in [4.78, 5) is 24.9. The van der Waals surface area contributed by atoms with Crippen LogP contribution in [0.4, 0.5) is 0 Å². The molecule has 3 nitrogen and oxygen atoms in total. The Labute approximate surface area is 183 Å². The number of fused-ring (bicyclic) bond motifs is 5. The molecule has 158 valence electrons. The molecule has 0 spiro atoms. The highest BCUT2D eigenvalue weighted by Gasteiger charge is 2.50. The number of rotatable bonds is 2. The molecule has 0 heterocycles. The SMILES string of the molecule is C[C@@]12CCC[C@H]1[C@@H]1CCc3cc(C(=O)O)c(C(=O)C#Cc4ccccc4)cc3[C@H]1CC2. The second-order valence-electron chi connectivity index (χ2n) is 9.85. The average Bonchev–Trinajstić information content (AvgIpc) is 3.19. The van der Waals surface area contributed by atoms with E-state index in [0.717, 1.165) is 36.3 Å². The summed E-state index contributed by atoms with van der Waals surface area (Å²) >= 11 is 0. The third-order valence-corrected chi connectivity index (χ3v) is 8.21. The van der Waals surface area contributed by atoms with Crippen LogP contribution in [0.5, 0.6) is 0 Å². The number of carbonyl (C=O) groups excluding carboxylic acids is 1. The summed E-state index contributed by atoms with van der Waals surface area (Å²) in [5.74, 6) is 5.96. The van der Waals surface area contributed by atoms with Gasteiger partial charge in [-0.15, -0.1) is 0 Å². The van der Waals surface area contributed by atoms with Gasteiger partial charge in [-0.1, -0.05) is 37.5 Å². The molecule has 0 radical (unpaired) electrons. The maximum atomic E-state index is 13.0. The Balaban J connectivity index is 1.53. The molecule has 0 amide bonds. The number of aromatic carboxylic acids is 1. The molecule has 0 unspecified atom stereocenters. The molecule has 5 rings (SSSR count). The van der Waals surface area contributed by atoms with E-state index in [2.05, 4.69) is 18.8 Å². The standard InChI is InChI=1S/C28H28O3/c1-28-14-5-8-25(28)21-11-10-19-16-24(27(30)31)23(17-22(19)20(21)13-15-28)26(29)12-9-18-6-3-2-4-7-18/h2-4,6-7,16-17,20-21,25H,5,8,10-11,13-15H2,1H3,(H,30,31)/t20-,21+,25-,28-/m0/s1. The number of carboxylic acids is 1. The smallest absolute Gasteiger partial charge is 0.336 e. The third kappa shape index (κ3) is 3.49. The van der Waals surface area contributed by atoms with Crippen LogP contribution < -0.4 is 0 Å². The molecule has 2 fully saturated rings. The molecule has 0 bridgehead atoms. The predicted molar refractivity (Wildman–Crippen MR) is 120 cm³/mol. The quantitative estimate of drug-likeness (QED) is 0.496. The molecule has 3 aliphatic carbocycles. The first-order valence-corrected chi connectivity index (χ1v) is 11.5. The van der Waals surface area contributed by atoms with Crippen molar-refractivity contribution < 1.29 is 14.7 Å². The van der Waals surface area contributed by atoms with E-state index in [1.165, 1.54) is 31.2 Å². The minimum Gasteiger partial charge on any atom is -0.478 e. The fourth-order valence-electron chi connectivity index (χ4n) is 6.70. The average molecular weight is 413 g/mol. The third-order valence-electron chi connectivity index (χ3n) is 8.21. The Morgan fingerprint density at radius 2 is 1.84 bits per heavy atom. The van der Waals surface area contributed by atoms with Crippen LogP contribution in [-0.4, -0.2) is 16.9 Å². The van der Waals surface area contributed by atoms with Gasteiger partial charge >= 0.3 is 5.97 Å². The Kier molecular flexibility index (Phi) is 4.97. The van der Waals surface area contributed by atoms with E-state index in [1.54, 1.807) is 6.07 Å². The first kappa shape index (κ1) is 20.1. The fraction of sp³-hybridized carbons (Fsp3) is 0.429. The Morgan fingerprint density at radius 1 is 1.03 bits per heavy atom. The van der Waals surface area contributed by atoms with Crippen molar-refractivity contribution in [3.05, 3.63) is 70.3 Å². The summed E-state index contributed by atoms with van der Waals surface area (Å²) in [6, 6.07) is 13.0. The Bertz CT molecular complexity index is 1100. The molecule has 0 saturated heterocycles. The Morgan fingerprint density at radius 3 is 2.61 bits per heavy atom. The minimum absolute atomic E-state index is 0.0890. The number of carbonyl (C=O) groups is 2. The lowest BCUT2D eigenvalue weighted by molar-refractivity contribution is 0.0597. The van der Waals surface area contributed by atoms with E-state index in [9.17, 15) is 14.7 Å². The van der Waals surface area contributed by atoms with Crippen LogP contribution in [0.25, 0.3) is 0 Å². The molecule has 0 aliphatic heterocycles. The van der Waals surface area contributed by atoms with Gasteiger partial charge in [0.2, 0.25) is 5.78 Å². The second kappa shape index (κ2) is 7.68. The minimum atomic E-state index is -1.05. The zero-order valence-electron chi connectivity index (χ0n) is 18.0. The van der Waals surface area contributed by atoms with Crippen molar-refractivity contribution in [2.45, 2.75) is 57.8 Å². The first-order chi connectivity index (χ1) is 15.0. The fourth-order valence-corrected chi connectivity index (χ4v) is 6.70. The lowest BCUT2D eigenvalue weighted by atomic mass is 9.55. The lowest BCUT2D eigenvalue weighted by Crippen LogP contribution is -2.39. The molecule has 3 aliphatic rings. The van der Waals surface area contributed by atoms with Crippen molar-refractivity contribution in [3.8, 4) is 11.8 Å². The number of ketones is 1. The monoisotopic (exact) mass is 412 g/mol. The molecular formula is C28H28O3. The maximum absolute atomic E-state index is 13.0. The number of hydrogen-bond acceptors (Lipinski definition) is 2. The Hall–Kier alpha value is -2.86. The molecule has 3 heteroatoms. The first-order valence-electron chi connectivity index (χ1n) is 11.5. The predicted octanol–water partition coefficient (Wildman–Crippen LogP) is 5.87. The summed E-state index contributed by atoms with van der Waals surface area (Å²) < 4.78 is 0. The number of benzene rings is 2.